The van der Waals surface area contributed by atoms with E-state index in [-0.39, 0.29) is 0 Å². The molecule has 0 aromatic heterocycles. The van der Waals surface area contributed by atoms with E-state index in [1.807, 2.05) is 0 Å². The molecular formula is C19H34. The van der Waals surface area contributed by atoms with Crippen LogP contribution < -0.4 is 0 Å². The lowest BCUT2D eigenvalue weighted by molar-refractivity contribution is -0.456. The van der Waals surface area contributed by atoms with Gasteiger partial charge in [0, 0.05) is 0 Å². The predicted octanol–water partition coefficient (Wildman–Crippen LogP) is 5.77. The molecule has 1 spiro atoms. The molecule has 0 aliphatic heterocycles. The summed E-state index contributed by atoms with van der Waals surface area (Å²) in [5, 5.41) is 0. The van der Waals surface area contributed by atoms with E-state index in [2.05, 4.69) is 62.3 Å². The lowest BCUT2D eigenvalue weighted by Crippen LogP contribution is -2.88. The first kappa shape index (κ1) is 14.0. The summed E-state index contributed by atoms with van der Waals surface area (Å²) >= 11 is 0. The van der Waals surface area contributed by atoms with Gasteiger partial charge in [-0.15, -0.1) is 0 Å². The molecule has 0 saturated heterocycles. The van der Waals surface area contributed by atoms with Crippen LogP contribution in [0.4, 0.5) is 0 Å². The van der Waals surface area contributed by atoms with E-state index >= 15 is 0 Å². The Hall–Kier alpha value is 0. The van der Waals surface area contributed by atoms with Crippen LogP contribution in [0.2, 0.25) is 0 Å². The normalized spacial score (nSPS) is 61.4. The van der Waals surface area contributed by atoms with Crippen LogP contribution in [0.25, 0.3) is 0 Å². The maximum Gasteiger partial charge on any atom is -0.0145 e. The van der Waals surface area contributed by atoms with E-state index < -0.39 is 0 Å². The van der Waals surface area contributed by atoms with Crippen molar-refractivity contribution >= 4 is 0 Å². The van der Waals surface area contributed by atoms with Gasteiger partial charge in [-0.2, -0.15) is 0 Å². The highest BCUT2D eigenvalue weighted by Crippen LogP contribution is 2.96. The van der Waals surface area contributed by atoms with Gasteiger partial charge in [0.15, 0.2) is 0 Å². The quantitative estimate of drug-likeness (QED) is 0.520. The molecule has 4 fully saturated rings. The largest absolute Gasteiger partial charge is 0.0622 e. The topological polar surface area (TPSA) is 0 Å². The van der Waals surface area contributed by atoms with Crippen molar-refractivity contribution in [3.05, 3.63) is 0 Å². The van der Waals surface area contributed by atoms with Gasteiger partial charge in [0.2, 0.25) is 0 Å². The van der Waals surface area contributed by atoms with E-state index in [4.69, 9.17) is 0 Å². The highest BCUT2D eigenvalue weighted by molar-refractivity contribution is 5.38. The van der Waals surface area contributed by atoms with Crippen molar-refractivity contribution in [2.45, 2.75) is 75.2 Å². The first-order valence-electron chi connectivity index (χ1n) is 8.42. The molecule has 0 heteroatoms. The van der Waals surface area contributed by atoms with Crippen LogP contribution >= 0.6 is 0 Å². The van der Waals surface area contributed by atoms with Gasteiger partial charge < -0.3 is 0 Å². The molecule has 4 saturated carbocycles. The average molecular weight is 262 g/mol. The maximum atomic E-state index is 2.65. The summed E-state index contributed by atoms with van der Waals surface area (Å²) in [6.45, 7) is 23.2. The van der Waals surface area contributed by atoms with Gasteiger partial charge in [-0.25, -0.2) is 0 Å². The molecule has 2 bridgehead atoms. The summed E-state index contributed by atoms with van der Waals surface area (Å²) in [6.07, 6.45) is 2.88. The van der Waals surface area contributed by atoms with Crippen molar-refractivity contribution in [3.8, 4) is 0 Å². The van der Waals surface area contributed by atoms with Crippen LogP contribution in [0.5, 0.6) is 0 Å². The van der Waals surface area contributed by atoms with Crippen molar-refractivity contribution in [1.29, 1.82) is 0 Å². The van der Waals surface area contributed by atoms with Crippen LogP contribution in [0.3, 0.4) is 0 Å². The van der Waals surface area contributed by atoms with Crippen molar-refractivity contribution < 1.29 is 0 Å². The van der Waals surface area contributed by atoms with Crippen molar-refractivity contribution in [2.24, 2.45) is 44.8 Å². The summed E-state index contributed by atoms with van der Waals surface area (Å²) in [5.41, 5.74) is 2.63. The minimum Gasteiger partial charge on any atom is -0.0622 e. The van der Waals surface area contributed by atoms with Crippen molar-refractivity contribution in [1.82, 2.24) is 0 Å². The summed E-state index contributed by atoms with van der Waals surface area (Å²) in [6, 6.07) is 0. The fourth-order valence-corrected chi connectivity index (χ4v) is 8.43. The zero-order valence-corrected chi connectivity index (χ0v) is 14.6. The van der Waals surface area contributed by atoms with E-state index in [0.717, 1.165) is 17.8 Å². The molecule has 4 aliphatic rings. The standard InChI is InChI=1S/C19H34/c1-12-10-13(2)19-11-15(4,5)18(19,9)17(8,14(12)3)16(19,6)7/h12-14H,10-11H2,1-9H3. The molecule has 0 N–H and O–H groups in total. The second-order valence-electron chi connectivity index (χ2n) is 9.89. The first-order valence-corrected chi connectivity index (χ1v) is 8.42. The Morgan fingerprint density at radius 1 is 0.842 bits per heavy atom. The molecule has 0 aromatic carbocycles. The molecule has 6 unspecified atom stereocenters. The fraction of sp³-hybridized carbons (Fsp3) is 1.00. The van der Waals surface area contributed by atoms with Crippen LogP contribution in [-0.4, -0.2) is 0 Å². The third-order valence-electron chi connectivity index (χ3n) is 9.75. The summed E-state index contributed by atoms with van der Waals surface area (Å²) in [4.78, 5) is 0. The highest BCUT2D eigenvalue weighted by atomic mass is 14.9. The molecule has 6 atom stereocenters. The minimum atomic E-state index is 0.492. The summed E-state index contributed by atoms with van der Waals surface area (Å²) < 4.78 is 0. The van der Waals surface area contributed by atoms with Crippen molar-refractivity contribution in [3.63, 3.8) is 0 Å². The lowest BCUT2D eigenvalue weighted by Gasteiger charge is -2.93. The highest BCUT2D eigenvalue weighted by Gasteiger charge is 2.91. The van der Waals surface area contributed by atoms with Crippen LogP contribution in [0, 0.1) is 44.8 Å². The van der Waals surface area contributed by atoms with Crippen molar-refractivity contribution in [2.75, 3.05) is 0 Å². The smallest absolute Gasteiger partial charge is 0.0145 e. The monoisotopic (exact) mass is 262 g/mol. The Kier molecular flexibility index (Phi) is 2.27. The Bertz CT molecular complexity index is 429. The molecule has 110 valence electrons. The number of rotatable bonds is 0. The molecule has 4 rings (SSSR count). The van der Waals surface area contributed by atoms with Gasteiger partial charge in [-0.3, -0.25) is 0 Å². The zero-order valence-electron chi connectivity index (χ0n) is 14.6. The van der Waals surface area contributed by atoms with E-state index in [1.165, 1.54) is 12.8 Å². The molecule has 0 aromatic rings. The van der Waals surface area contributed by atoms with Gasteiger partial charge >= 0.3 is 0 Å². The lowest BCUT2D eigenvalue weighted by atomic mass is 9.11. The number of hydrogen-bond donors (Lipinski definition) is 0. The van der Waals surface area contributed by atoms with Gasteiger partial charge in [-0.1, -0.05) is 62.3 Å². The Labute approximate surface area is 120 Å². The Morgan fingerprint density at radius 2 is 1.37 bits per heavy atom. The average Bonchev–Trinajstić information content (AvgIpc) is 2.36. The molecule has 0 amide bonds. The number of fused-ring (bicyclic) bond motifs is 3. The molecule has 19 heavy (non-hydrogen) atoms. The summed E-state index contributed by atoms with van der Waals surface area (Å²) in [7, 11) is 0. The van der Waals surface area contributed by atoms with E-state index in [9.17, 15) is 0 Å². The van der Waals surface area contributed by atoms with E-state index in [0.29, 0.717) is 27.1 Å². The zero-order chi connectivity index (χ0) is 14.6. The van der Waals surface area contributed by atoms with Gasteiger partial charge in [0.05, 0.1) is 0 Å². The maximum absolute atomic E-state index is 2.65. The third-order valence-corrected chi connectivity index (χ3v) is 9.75. The summed E-state index contributed by atoms with van der Waals surface area (Å²) in [5.74, 6) is 2.59. The molecule has 0 heterocycles. The van der Waals surface area contributed by atoms with Gasteiger partial charge in [0.25, 0.3) is 0 Å². The molecule has 0 radical (unpaired) electrons. The second-order valence-corrected chi connectivity index (χ2v) is 9.89. The van der Waals surface area contributed by atoms with E-state index in [1.54, 1.807) is 0 Å². The Balaban J connectivity index is 2.26. The minimum absolute atomic E-state index is 0.492. The third kappa shape index (κ3) is 0.914. The second kappa shape index (κ2) is 3.09. The molecule has 0 nitrogen and oxygen atoms in total. The van der Waals surface area contributed by atoms with Crippen LogP contribution in [0.15, 0.2) is 0 Å². The molecule has 4 aliphatic carbocycles. The van der Waals surface area contributed by atoms with Crippen LogP contribution in [-0.2, 0) is 0 Å². The predicted molar refractivity (Wildman–Crippen MR) is 82.9 cm³/mol. The number of hydrogen-bond acceptors (Lipinski definition) is 0. The molecular weight excluding hydrogens is 228 g/mol. The Morgan fingerprint density at radius 3 is 1.84 bits per heavy atom. The van der Waals surface area contributed by atoms with Gasteiger partial charge in [-0.05, 0) is 57.7 Å². The fourth-order valence-electron chi connectivity index (χ4n) is 8.43. The van der Waals surface area contributed by atoms with Gasteiger partial charge in [0.1, 0.15) is 0 Å². The van der Waals surface area contributed by atoms with Crippen LogP contribution in [0.1, 0.15) is 75.2 Å². The SMILES string of the molecule is CC1CC(C)C23CC(C)(C)C2(C)C(C)(C1C)C3(C)C. The first-order chi connectivity index (χ1) is 8.42.